The van der Waals surface area contributed by atoms with Gasteiger partial charge < -0.3 is 15.2 Å². The summed E-state index contributed by atoms with van der Waals surface area (Å²) in [5.41, 5.74) is 26.2. The summed E-state index contributed by atoms with van der Waals surface area (Å²) < 4.78 is 11.3. The average Bonchev–Trinajstić information content (AvgIpc) is 3.86. The highest BCUT2D eigenvalue weighted by atomic mass is 16.5. The van der Waals surface area contributed by atoms with Gasteiger partial charge in [-0.2, -0.15) is 0 Å². The van der Waals surface area contributed by atoms with Crippen LogP contribution >= 0.6 is 0 Å². The zero-order valence-electron chi connectivity index (χ0n) is 37.1. The van der Waals surface area contributed by atoms with Gasteiger partial charge in [0, 0.05) is 5.54 Å². The largest absolute Gasteiger partial charge is 0.497 e. The molecule has 2 aliphatic rings. The number of methoxy groups -OCH3 is 2. The van der Waals surface area contributed by atoms with Gasteiger partial charge in [0.05, 0.1) is 14.2 Å². The van der Waals surface area contributed by atoms with E-state index in [0.717, 1.165) is 24.3 Å². The van der Waals surface area contributed by atoms with Crippen LogP contribution in [-0.2, 0) is 12.0 Å². The van der Waals surface area contributed by atoms with E-state index < -0.39 is 5.54 Å². The van der Waals surface area contributed by atoms with E-state index >= 15 is 0 Å². The molecule has 3 nitrogen and oxygen atoms in total. The van der Waals surface area contributed by atoms with Gasteiger partial charge >= 0.3 is 0 Å². The normalized spacial score (nSPS) is 13.5. The Morgan fingerprint density at radius 1 is 0.422 bits per heavy atom. The quantitative estimate of drug-likeness (QED) is 0.129. The van der Waals surface area contributed by atoms with Gasteiger partial charge in [0.2, 0.25) is 0 Å². The molecule has 1 atom stereocenters. The molecule has 0 spiro atoms. The van der Waals surface area contributed by atoms with Crippen molar-refractivity contribution in [3.05, 3.63) is 156 Å². The van der Waals surface area contributed by atoms with Crippen LogP contribution in [0.25, 0.3) is 131 Å². The Kier molecular flexibility index (Phi) is 7.69. The maximum absolute atomic E-state index is 7.44. The van der Waals surface area contributed by atoms with Crippen molar-refractivity contribution in [2.24, 2.45) is 5.73 Å². The summed E-state index contributed by atoms with van der Waals surface area (Å²) in [7, 11) is 3.46. The van der Waals surface area contributed by atoms with Crippen LogP contribution in [0.5, 0.6) is 11.5 Å². The molecule has 0 radical (unpaired) electrons. The maximum Gasteiger partial charge on any atom is 0.118 e. The van der Waals surface area contributed by atoms with E-state index in [1.54, 1.807) is 14.2 Å². The Balaban J connectivity index is 1.15. The molecular formula is C61H47NO2. The molecule has 11 aromatic rings. The second kappa shape index (κ2) is 13.2. The number of benzene rings is 11. The van der Waals surface area contributed by atoms with E-state index in [1.807, 2.05) is 0 Å². The second-order valence-corrected chi connectivity index (χ2v) is 18.4. The van der Waals surface area contributed by atoms with Crippen molar-refractivity contribution in [3.8, 4) is 78.3 Å². The first-order valence-electron chi connectivity index (χ1n) is 22.7. The van der Waals surface area contributed by atoms with Crippen molar-refractivity contribution in [2.45, 2.75) is 46.1 Å². The lowest BCUT2D eigenvalue weighted by molar-refractivity contribution is 0.415. The molecular weight excluding hydrogens is 779 g/mol. The van der Waals surface area contributed by atoms with Crippen molar-refractivity contribution < 1.29 is 9.47 Å². The Morgan fingerprint density at radius 2 is 0.859 bits per heavy atom. The van der Waals surface area contributed by atoms with Gasteiger partial charge in [-0.1, -0.05) is 129 Å². The molecule has 308 valence electrons. The highest BCUT2D eigenvalue weighted by Crippen LogP contribution is 2.62. The van der Waals surface area contributed by atoms with Gasteiger partial charge in [-0.3, -0.25) is 0 Å². The van der Waals surface area contributed by atoms with Crippen molar-refractivity contribution in [3.63, 3.8) is 0 Å². The summed E-state index contributed by atoms with van der Waals surface area (Å²) >= 11 is 0. The van der Waals surface area contributed by atoms with Crippen molar-refractivity contribution in [1.82, 2.24) is 0 Å². The minimum Gasteiger partial charge on any atom is -0.497 e. The maximum atomic E-state index is 7.44. The van der Waals surface area contributed by atoms with Crippen LogP contribution in [0, 0.1) is 6.92 Å². The van der Waals surface area contributed by atoms with Gasteiger partial charge in [-0.15, -0.1) is 0 Å². The molecule has 2 aliphatic carbocycles. The molecule has 0 amide bonds. The van der Waals surface area contributed by atoms with Crippen LogP contribution in [0.4, 0.5) is 0 Å². The zero-order valence-corrected chi connectivity index (χ0v) is 37.1. The van der Waals surface area contributed by atoms with Gasteiger partial charge in [0.25, 0.3) is 0 Å². The summed E-state index contributed by atoms with van der Waals surface area (Å²) in [5.74, 6) is 1.70. The molecule has 0 saturated carbocycles. The first-order chi connectivity index (χ1) is 31.3. The Bertz CT molecular complexity index is 3690. The molecule has 2 N–H and O–H groups in total. The fourth-order valence-electron chi connectivity index (χ4n) is 12.2. The predicted octanol–water partition coefficient (Wildman–Crippen LogP) is 16.1. The van der Waals surface area contributed by atoms with E-state index in [9.17, 15) is 0 Å². The monoisotopic (exact) mass is 825 g/mol. The number of rotatable bonds is 7. The first kappa shape index (κ1) is 37.4. The van der Waals surface area contributed by atoms with Crippen LogP contribution in [-0.4, -0.2) is 14.2 Å². The van der Waals surface area contributed by atoms with E-state index in [-0.39, 0.29) is 0 Å². The van der Waals surface area contributed by atoms with Gasteiger partial charge in [-0.05, 0) is 199 Å². The highest BCUT2D eigenvalue weighted by molar-refractivity contribution is 6.41. The van der Waals surface area contributed by atoms with Crippen LogP contribution in [0.15, 0.2) is 140 Å². The predicted molar refractivity (Wildman–Crippen MR) is 271 cm³/mol. The molecule has 3 heteroatoms. The Labute approximate surface area is 373 Å². The second-order valence-electron chi connectivity index (χ2n) is 18.4. The number of aryl methyl sites for hydroxylation is 2. The molecule has 11 aromatic carbocycles. The molecule has 0 bridgehead atoms. The molecule has 0 aromatic heterocycles. The van der Waals surface area contributed by atoms with E-state index in [0.29, 0.717) is 0 Å². The number of hydrogen-bond donors (Lipinski definition) is 1. The molecule has 64 heavy (non-hydrogen) atoms. The number of ether oxygens (including phenoxy) is 2. The van der Waals surface area contributed by atoms with Crippen LogP contribution < -0.4 is 15.2 Å². The van der Waals surface area contributed by atoms with Crippen LogP contribution in [0.3, 0.4) is 0 Å². The Morgan fingerprint density at radius 3 is 1.30 bits per heavy atom. The molecule has 0 aliphatic heterocycles. The fraction of sp³-hybridized carbons (Fsp3) is 0.148. The van der Waals surface area contributed by atoms with E-state index in [4.69, 9.17) is 15.2 Å². The average molecular weight is 826 g/mol. The summed E-state index contributed by atoms with van der Waals surface area (Å²) in [5, 5.41) is 15.7. The van der Waals surface area contributed by atoms with Crippen molar-refractivity contribution in [2.75, 3.05) is 14.2 Å². The third-order valence-electron chi connectivity index (χ3n) is 15.3. The lowest BCUT2D eigenvalue weighted by Crippen LogP contribution is -2.33. The number of hydrogen-bond acceptors (Lipinski definition) is 3. The summed E-state index contributed by atoms with van der Waals surface area (Å²) in [6.45, 7) is 9.07. The number of fused-ring (bicyclic) bond motifs is 10. The topological polar surface area (TPSA) is 44.5 Å². The third kappa shape index (κ3) is 4.64. The smallest absolute Gasteiger partial charge is 0.118 e. The minimum absolute atomic E-state index is 0.510. The molecule has 1 unspecified atom stereocenters. The molecule has 13 rings (SSSR count). The van der Waals surface area contributed by atoms with E-state index in [2.05, 4.69) is 167 Å². The summed E-state index contributed by atoms with van der Waals surface area (Å²) in [6.07, 6.45) is 1.80. The third-order valence-corrected chi connectivity index (χ3v) is 15.3. The van der Waals surface area contributed by atoms with Crippen LogP contribution in [0.1, 0.15) is 43.9 Å². The van der Waals surface area contributed by atoms with Crippen molar-refractivity contribution >= 4 is 64.6 Å². The highest BCUT2D eigenvalue weighted by Gasteiger charge is 2.37. The van der Waals surface area contributed by atoms with Gasteiger partial charge in [0.1, 0.15) is 11.5 Å². The summed E-state index contributed by atoms with van der Waals surface area (Å²) in [6, 6.07) is 52.4. The molecule has 0 fully saturated rings. The zero-order chi connectivity index (χ0) is 43.3. The van der Waals surface area contributed by atoms with Gasteiger partial charge in [-0.25, -0.2) is 0 Å². The SMILES string of the molecule is CCc1cccc2c(C)c3c(c(C(C)(N)CC)c12)-c1ccc2c4ccc5c6c(ccc(c7ccc-3c1c72)c64)-c1c-5c(-c2ccc(OC)cc2)c2ccccc2c1-c1ccc(OC)cc1. The molecule has 0 saturated heterocycles. The lowest BCUT2D eigenvalue weighted by atomic mass is 9.77. The first-order valence-corrected chi connectivity index (χ1v) is 22.7. The van der Waals surface area contributed by atoms with Crippen LogP contribution in [0.2, 0.25) is 0 Å². The Hall–Kier alpha value is -7.20. The minimum atomic E-state index is -0.510. The molecule has 0 heterocycles. The standard InChI is InChI=1S/C61H47NO2/c1-7-33-12-11-15-38-32(3)49-45-28-24-41-42-25-29-46-56-47(30-26-43(54(42)56)44-27-31-48(55(45)53(41)44)59(49)60(52(33)38)61(4,62)8-2)58-51(35-18-22-37(64-6)23-19-35)40-14-10-9-13-39(40)50(57(46)58)34-16-20-36(63-5)21-17-34/h9-31H,7-8,62H2,1-6H3. The van der Waals surface area contributed by atoms with Crippen molar-refractivity contribution in [1.29, 1.82) is 0 Å². The summed E-state index contributed by atoms with van der Waals surface area (Å²) in [4.78, 5) is 0. The fourth-order valence-corrected chi connectivity index (χ4v) is 12.2. The lowest BCUT2D eigenvalue weighted by Gasteiger charge is -2.31. The number of nitrogens with two attached hydrogens (primary N) is 1. The van der Waals surface area contributed by atoms with Gasteiger partial charge in [0.15, 0.2) is 0 Å². The van der Waals surface area contributed by atoms with E-state index in [1.165, 1.54) is 148 Å².